The van der Waals surface area contributed by atoms with Crippen LogP contribution in [0.1, 0.15) is 68.1 Å². The van der Waals surface area contributed by atoms with Crippen LogP contribution in [0.5, 0.6) is 0 Å². The molecule has 164 valence electrons. The molecule has 1 atom stereocenters. The molecule has 4 rings (SSSR count). The van der Waals surface area contributed by atoms with Gasteiger partial charge in [0.2, 0.25) is 5.91 Å². The first-order valence-corrected chi connectivity index (χ1v) is 12.6. The predicted octanol–water partition coefficient (Wildman–Crippen LogP) is 4.26. The molecule has 2 saturated heterocycles. The summed E-state index contributed by atoms with van der Waals surface area (Å²) in [5, 5.41) is 3.22. The van der Waals surface area contributed by atoms with Gasteiger partial charge in [-0.05, 0) is 50.7 Å². The van der Waals surface area contributed by atoms with E-state index < -0.39 is 0 Å². The van der Waals surface area contributed by atoms with E-state index in [1.807, 2.05) is 29.2 Å². The summed E-state index contributed by atoms with van der Waals surface area (Å²) in [6, 6.07) is 8.00. The lowest BCUT2D eigenvalue weighted by atomic mass is 9.87. The highest BCUT2D eigenvalue weighted by Gasteiger charge is 2.30. The second-order valence-electron chi connectivity index (χ2n) is 8.85. The third-order valence-corrected chi connectivity index (χ3v) is 7.88. The average molecular weight is 431 g/mol. The third kappa shape index (κ3) is 5.58. The first kappa shape index (κ1) is 21.7. The van der Waals surface area contributed by atoms with Crippen LogP contribution in [-0.2, 0) is 9.53 Å². The van der Waals surface area contributed by atoms with Crippen LogP contribution in [-0.4, -0.2) is 54.3 Å². The minimum atomic E-state index is 0.00231. The number of hydrogen-bond acceptors (Lipinski definition) is 4. The zero-order valence-electron chi connectivity index (χ0n) is 17.8. The van der Waals surface area contributed by atoms with Crippen LogP contribution in [0.25, 0.3) is 0 Å². The van der Waals surface area contributed by atoms with Crippen LogP contribution >= 0.6 is 11.8 Å². The van der Waals surface area contributed by atoms with Crippen molar-refractivity contribution in [3.63, 3.8) is 0 Å². The van der Waals surface area contributed by atoms with E-state index in [0.29, 0.717) is 12.0 Å². The lowest BCUT2D eigenvalue weighted by Gasteiger charge is -2.35. The molecule has 3 aliphatic rings. The van der Waals surface area contributed by atoms with Crippen molar-refractivity contribution in [2.75, 3.05) is 25.4 Å². The zero-order valence-corrected chi connectivity index (χ0v) is 18.6. The van der Waals surface area contributed by atoms with Crippen molar-refractivity contribution in [1.82, 2.24) is 10.2 Å². The van der Waals surface area contributed by atoms with Gasteiger partial charge >= 0.3 is 0 Å². The van der Waals surface area contributed by atoms with E-state index in [-0.39, 0.29) is 17.9 Å². The second-order valence-corrected chi connectivity index (χ2v) is 9.91. The summed E-state index contributed by atoms with van der Waals surface area (Å²) in [6.45, 7) is 2.38. The predicted molar refractivity (Wildman–Crippen MR) is 120 cm³/mol. The summed E-state index contributed by atoms with van der Waals surface area (Å²) < 4.78 is 5.72. The number of nitrogens with zero attached hydrogens (tertiary/aromatic N) is 1. The van der Waals surface area contributed by atoms with Gasteiger partial charge in [0.1, 0.15) is 0 Å². The lowest BCUT2D eigenvalue weighted by Crippen LogP contribution is -2.48. The fourth-order valence-electron chi connectivity index (χ4n) is 4.85. The van der Waals surface area contributed by atoms with Crippen LogP contribution in [0.2, 0.25) is 0 Å². The Hall–Kier alpha value is -1.53. The Balaban J connectivity index is 1.27. The molecule has 0 radical (unpaired) electrons. The van der Waals surface area contributed by atoms with Gasteiger partial charge in [0.05, 0.1) is 11.7 Å². The molecule has 1 saturated carbocycles. The molecular formula is C24H34N2O3S. The van der Waals surface area contributed by atoms with Crippen LogP contribution in [0, 0.1) is 5.92 Å². The molecule has 5 nitrogen and oxygen atoms in total. The molecule has 6 heteroatoms. The first-order chi connectivity index (χ1) is 14.7. The minimum absolute atomic E-state index is 0.00231. The van der Waals surface area contributed by atoms with Gasteiger partial charge in [-0.2, -0.15) is 0 Å². The number of carbonyl (C=O) groups is 2. The second kappa shape index (κ2) is 10.7. The Labute approximate surface area is 184 Å². The van der Waals surface area contributed by atoms with Gasteiger partial charge in [0.15, 0.2) is 0 Å². The number of likely N-dealkylation sites (tertiary alicyclic amines) is 1. The molecule has 1 aliphatic carbocycles. The van der Waals surface area contributed by atoms with Crippen LogP contribution < -0.4 is 5.32 Å². The van der Waals surface area contributed by atoms with Gasteiger partial charge in [-0.15, -0.1) is 11.8 Å². The van der Waals surface area contributed by atoms with Gasteiger partial charge < -0.3 is 15.0 Å². The molecule has 1 N–H and O–H groups in total. The Morgan fingerprint density at radius 2 is 1.77 bits per heavy atom. The van der Waals surface area contributed by atoms with Crippen molar-refractivity contribution in [3.8, 4) is 0 Å². The van der Waals surface area contributed by atoms with Crippen molar-refractivity contribution in [2.45, 2.75) is 74.8 Å². The van der Waals surface area contributed by atoms with Gasteiger partial charge in [-0.25, -0.2) is 0 Å². The average Bonchev–Trinajstić information content (AvgIpc) is 3.32. The van der Waals surface area contributed by atoms with E-state index in [4.69, 9.17) is 4.74 Å². The monoisotopic (exact) mass is 430 g/mol. The molecular weight excluding hydrogens is 396 g/mol. The van der Waals surface area contributed by atoms with E-state index in [1.54, 1.807) is 11.8 Å². The summed E-state index contributed by atoms with van der Waals surface area (Å²) in [6.07, 6.45) is 9.98. The zero-order chi connectivity index (χ0) is 20.8. The number of carbonyl (C=O) groups excluding carboxylic acids is 2. The number of amides is 2. The standard InChI is InChI=1S/C24H34N2O3S/c27-23(21-10-4-5-11-22(21)30-17-20-9-6-16-29-20)25-19-12-14-26(15-13-19)24(28)18-7-2-1-3-8-18/h4-5,10-11,18-20H,1-3,6-9,12-17H2,(H,25,27). The van der Waals surface area contributed by atoms with E-state index in [2.05, 4.69) is 5.32 Å². The summed E-state index contributed by atoms with van der Waals surface area (Å²) in [4.78, 5) is 28.8. The van der Waals surface area contributed by atoms with Crippen molar-refractivity contribution in [2.24, 2.45) is 5.92 Å². The van der Waals surface area contributed by atoms with E-state index >= 15 is 0 Å². The van der Waals surface area contributed by atoms with Crippen LogP contribution in [0.15, 0.2) is 29.2 Å². The Bertz CT molecular complexity index is 721. The molecule has 1 aromatic rings. The maximum atomic E-state index is 13.0. The summed E-state index contributed by atoms with van der Waals surface area (Å²) in [7, 11) is 0. The third-order valence-electron chi connectivity index (χ3n) is 6.68. The van der Waals surface area contributed by atoms with Crippen molar-refractivity contribution >= 4 is 23.6 Å². The van der Waals surface area contributed by atoms with Crippen LogP contribution in [0.3, 0.4) is 0 Å². The SMILES string of the molecule is O=C(NC1CCN(C(=O)C2CCCCC2)CC1)c1ccccc1SCC1CCCO1. The van der Waals surface area contributed by atoms with Crippen molar-refractivity contribution in [3.05, 3.63) is 29.8 Å². The van der Waals surface area contributed by atoms with Gasteiger partial charge in [-0.1, -0.05) is 31.4 Å². The Morgan fingerprint density at radius 1 is 1.00 bits per heavy atom. The lowest BCUT2D eigenvalue weighted by molar-refractivity contribution is -0.137. The summed E-state index contributed by atoms with van der Waals surface area (Å²) in [5.41, 5.74) is 0.751. The van der Waals surface area contributed by atoms with Gasteiger partial charge in [0.25, 0.3) is 5.91 Å². The topological polar surface area (TPSA) is 58.6 Å². The van der Waals surface area contributed by atoms with E-state index in [0.717, 1.165) is 74.4 Å². The molecule has 0 spiro atoms. The number of ether oxygens (including phenoxy) is 1. The smallest absolute Gasteiger partial charge is 0.252 e. The molecule has 2 amide bonds. The first-order valence-electron chi connectivity index (χ1n) is 11.6. The highest BCUT2D eigenvalue weighted by molar-refractivity contribution is 7.99. The summed E-state index contributed by atoms with van der Waals surface area (Å²) >= 11 is 1.72. The maximum absolute atomic E-state index is 13.0. The number of rotatable bonds is 6. The number of nitrogens with one attached hydrogen (secondary N) is 1. The fourth-order valence-corrected chi connectivity index (χ4v) is 5.97. The highest BCUT2D eigenvalue weighted by Crippen LogP contribution is 2.28. The number of thioether (sulfide) groups is 1. The molecule has 0 bridgehead atoms. The van der Waals surface area contributed by atoms with Gasteiger partial charge in [-0.3, -0.25) is 9.59 Å². The van der Waals surface area contributed by atoms with Gasteiger partial charge in [0, 0.05) is 42.3 Å². The van der Waals surface area contributed by atoms with E-state index in [9.17, 15) is 9.59 Å². The van der Waals surface area contributed by atoms with Crippen molar-refractivity contribution < 1.29 is 14.3 Å². The molecule has 3 fully saturated rings. The molecule has 2 heterocycles. The minimum Gasteiger partial charge on any atom is -0.377 e. The molecule has 1 unspecified atom stereocenters. The molecule has 1 aromatic carbocycles. The highest BCUT2D eigenvalue weighted by atomic mass is 32.2. The van der Waals surface area contributed by atoms with Crippen molar-refractivity contribution in [1.29, 1.82) is 0 Å². The number of piperidine rings is 1. The summed E-state index contributed by atoms with van der Waals surface area (Å²) in [5.74, 6) is 1.47. The largest absolute Gasteiger partial charge is 0.377 e. The molecule has 30 heavy (non-hydrogen) atoms. The molecule has 2 aliphatic heterocycles. The number of hydrogen-bond donors (Lipinski definition) is 1. The molecule has 0 aromatic heterocycles. The van der Waals surface area contributed by atoms with Crippen LogP contribution in [0.4, 0.5) is 0 Å². The fraction of sp³-hybridized carbons (Fsp3) is 0.667. The Morgan fingerprint density at radius 3 is 2.50 bits per heavy atom. The van der Waals surface area contributed by atoms with E-state index in [1.165, 1.54) is 19.3 Å². The Kier molecular flexibility index (Phi) is 7.72. The normalized spacial score (nSPS) is 23.5. The quantitative estimate of drug-likeness (QED) is 0.685. The maximum Gasteiger partial charge on any atom is 0.252 e. The number of benzene rings is 1.